The number of amides is 1. The molecule has 6 nitrogen and oxygen atoms in total. The van der Waals surface area contributed by atoms with Crippen LogP contribution in [0.15, 0.2) is 36.4 Å². The first-order valence-electron chi connectivity index (χ1n) is 11.4. The van der Waals surface area contributed by atoms with Crippen LogP contribution in [0.2, 0.25) is 0 Å². The fourth-order valence-electron chi connectivity index (χ4n) is 4.64. The topological polar surface area (TPSA) is 75.7 Å². The van der Waals surface area contributed by atoms with Gasteiger partial charge in [0.1, 0.15) is 29.7 Å². The van der Waals surface area contributed by atoms with Gasteiger partial charge in [-0.3, -0.25) is 4.79 Å². The van der Waals surface area contributed by atoms with Crippen molar-refractivity contribution < 1.29 is 35.5 Å². The van der Waals surface area contributed by atoms with Crippen molar-refractivity contribution >= 4 is 15.9 Å². The highest BCUT2D eigenvalue weighted by Gasteiger charge is 2.47. The molecule has 2 saturated heterocycles. The van der Waals surface area contributed by atoms with E-state index in [1.54, 1.807) is 0 Å². The Morgan fingerprint density at radius 1 is 1.17 bits per heavy atom. The van der Waals surface area contributed by atoms with Crippen molar-refractivity contribution in [1.82, 2.24) is 9.62 Å². The second-order valence-corrected chi connectivity index (χ2v) is 10.8. The Hall–Kier alpha value is -2.50. The minimum absolute atomic E-state index is 0.0103. The van der Waals surface area contributed by atoms with E-state index in [1.165, 1.54) is 30.0 Å². The van der Waals surface area contributed by atoms with Crippen molar-refractivity contribution in [1.29, 1.82) is 0 Å². The number of hydrogen-bond donors (Lipinski definition) is 1. The van der Waals surface area contributed by atoms with Gasteiger partial charge >= 0.3 is 0 Å². The van der Waals surface area contributed by atoms with Crippen molar-refractivity contribution in [2.24, 2.45) is 0 Å². The average Bonchev–Trinajstić information content (AvgIpc) is 3.46. The lowest BCUT2D eigenvalue weighted by molar-refractivity contribution is -0.142. The number of sulfonamides is 1. The van der Waals surface area contributed by atoms with E-state index < -0.39 is 57.7 Å². The van der Waals surface area contributed by atoms with Gasteiger partial charge in [-0.15, -0.1) is 0 Å². The van der Waals surface area contributed by atoms with Gasteiger partial charge in [0.05, 0.1) is 24.4 Å². The molecule has 4 atom stereocenters. The quantitative estimate of drug-likeness (QED) is 0.576. The van der Waals surface area contributed by atoms with Crippen molar-refractivity contribution in [3.05, 3.63) is 59.4 Å². The molecule has 0 unspecified atom stereocenters. The summed E-state index contributed by atoms with van der Waals surface area (Å²) >= 11 is 0. The summed E-state index contributed by atoms with van der Waals surface area (Å²) in [4.78, 5) is 14.3. The summed E-state index contributed by atoms with van der Waals surface area (Å²) in [6, 6.07) is 4.44. The number of nitrogens with one attached hydrogen (secondary N) is 1. The standard InChI is InChI=1S/C24H26F4N2O4S/c1-2-35(32,33)29-23-19(27)13-30(24(31)21-7-4-10-34-21)20(23)11-14-5-3-6-16(22(14)28)17-12-15(25)8-9-18(17)26/h3,5-6,8-9,12,19-21,23,29H,2,4,7,10-11,13H2,1H3/t19-,20-,21+,23-/m0/s1. The highest BCUT2D eigenvalue weighted by molar-refractivity contribution is 7.89. The van der Waals surface area contributed by atoms with E-state index in [0.717, 1.165) is 18.2 Å². The third-order valence-corrected chi connectivity index (χ3v) is 7.88. The molecule has 2 aromatic rings. The highest BCUT2D eigenvalue weighted by atomic mass is 32.2. The largest absolute Gasteiger partial charge is 0.368 e. The second kappa shape index (κ2) is 10.2. The van der Waals surface area contributed by atoms with Crippen LogP contribution >= 0.6 is 0 Å². The molecule has 1 amide bonds. The molecular formula is C24H26F4N2O4S. The first-order chi connectivity index (χ1) is 16.6. The lowest BCUT2D eigenvalue weighted by Gasteiger charge is -2.30. The summed E-state index contributed by atoms with van der Waals surface area (Å²) < 4.78 is 90.9. The average molecular weight is 515 g/mol. The Morgan fingerprint density at radius 2 is 1.94 bits per heavy atom. The van der Waals surface area contributed by atoms with E-state index in [2.05, 4.69) is 4.72 Å². The summed E-state index contributed by atoms with van der Waals surface area (Å²) in [6.07, 6.45) is -1.63. The number of carbonyl (C=O) groups excluding carboxylic acids is 1. The van der Waals surface area contributed by atoms with Crippen LogP contribution in [0.4, 0.5) is 17.6 Å². The molecule has 2 aliphatic rings. The van der Waals surface area contributed by atoms with Crippen LogP contribution in [-0.2, 0) is 26.0 Å². The Balaban J connectivity index is 1.71. The maximum Gasteiger partial charge on any atom is 0.252 e. The predicted molar refractivity (Wildman–Crippen MR) is 121 cm³/mol. The molecule has 190 valence electrons. The van der Waals surface area contributed by atoms with E-state index in [1.807, 2.05) is 0 Å². The van der Waals surface area contributed by atoms with E-state index in [0.29, 0.717) is 19.4 Å². The molecule has 0 spiro atoms. The van der Waals surface area contributed by atoms with E-state index in [9.17, 15) is 22.0 Å². The maximum absolute atomic E-state index is 15.5. The Bertz CT molecular complexity index is 1200. The summed E-state index contributed by atoms with van der Waals surface area (Å²) in [5.74, 6) is -3.21. The Kier molecular flexibility index (Phi) is 7.48. The van der Waals surface area contributed by atoms with Gasteiger partial charge in [-0.25, -0.2) is 30.7 Å². The lowest BCUT2D eigenvalue weighted by atomic mass is 9.95. The smallest absolute Gasteiger partial charge is 0.252 e. The number of likely N-dealkylation sites (tertiary alicyclic amines) is 1. The zero-order valence-corrected chi connectivity index (χ0v) is 19.8. The second-order valence-electron chi connectivity index (χ2n) is 8.73. The van der Waals surface area contributed by atoms with E-state index >= 15 is 8.78 Å². The minimum Gasteiger partial charge on any atom is -0.368 e. The Morgan fingerprint density at radius 3 is 2.63 bits per heavy atom. The highest BCUT2D eigenvalue weighted by Crippen LogP contribution is 2.32. The molecule has 0 saturated carbocycles. The number of carbonyl (C=O) groups is 1. The summed E-state index contributed by atoms with van der Waals surface area (Å²) in [5.41, 5.74) is -0.470. The molecule has 4 rings (SSSR count). The van der Waals surface area contributed by atoms with Crippen molar-refractivity contribution in [3.8, 4) is 11.1 Å². The predicted octanol–water partition coefficient (Wildman–Crippen LogP) is 3.35. The van der Waals surface area contributed by atoms with E-state index in [4.69, 9.17) is 4.74 Å². The van der Waals surface area contributed by atoms with Crippen LogP contribution < -0.4 is 4.72 Å². The molecule has 2 heterocycles. The van der Waals surface area contributed by atoms with Gasteiger partial charge in [-0.05, 0) is 49.9 Å². The third-order valence-electron chi connectivity index (χ3n) is 6.49. The van der Waals surface area contributed by atoms with Gasteiger partial charge in [0.15, 0.2) is 0 Å². The molecule has 1 N–H and O–H groups in total. The van der Waals surface area contributed by atoms with Crippen molar-refractivity contribution in [3.63, 3.8) is 0 Å². The van der Waals surface area contributed by atoms with Gasteiger partial charge < -0.3 is 9.64 Å². The summed E-state index contributed by atoms with van der Waals surface area (Å²) in [7, 11) is -3.85. The molecule has 0 aliphatic carbocycles. The van der Waals surface area contributed by atoms with Gasteiger partial charge in [0, 0.05) is 17.7 Å². The minimum atomic E-state index is -3.85. The molecule has 2 aliphatic heterocycles. The van der Waals surface area contributed by atoms with E-state index in [-0.39, 0.29) is 35.4 Å². The molecular weight excluding hydrogens is 488 g/mol. The van der Waals surface area contributed by atoms with Gasteiger partial charge in [0.25, 0.3) is 5.91 Å². The van der Waals surface area contributed by atoms with Crippen molar-refractivity contribution in [2.75, 3.05) is 18.9 Å². The van der Waals surface area contributed by atoms with Gasteiger partial charge in [0.2, 0.25) is 10.0 Å². The fraction of sp³-hybridized carbons (Fsp3) is 0.458. The number of alkyl halides is 1. The molecule has 0 radical (unpaired) electrons. The van der Waals surface area contributed by atoms with Crippen molar-refractivity contribution in [2.45, 2.75) is 50.5 Å². The number of ether oxygens (including phenoxy) is 1. The lowest BCUT2D eigenvalue weighted by Crippen LogP contribution is -2.51. The van der Waals surface area contributed by atoms with Crippen LogP contribution in [0, 0.1) is 17.5 Å². The monoisotopic (exact) mass is 514 g/mol. The number of nitrogens with zero attached hydrogens (tertiary/aromatic N) is 1. The van der Waals surface area contributed by atoms with Gasteiger partial charge in [-0.2, -0.15) is 0 Å². The first-order valence-corrected chi connectivity index (χ1v) is 13.1. The van der Waals surface area contributed by atoms with Crippen LogP contribution in [0.3, 0.4) is 0 Å². The maximum atomic E-state index is 15.5. The zero-order chi connectivity index (χ0) is 25.3. The summed E-state index contributed by atoms with van der Waals surface area (Å²) in [5, 5.41) is 0. The molecule has 11 heteroatoms. The van der Waals surface area contributed by atoms with Crippen LogP contribution in [-0.4, -0.2) is 62.5 Å². The summed E-state index contributed by atoms with van der Waals surface area (Å²) in [6.45, 7) is 1.40. The number of rotatable bonds is 7. The molecule has 35 heavy (non-hydrogen) atoms. The number of hydrogen-bond acceptors (Lipinski definition) is 4. The Labute approximate surface area is 201 Å². The molecule has 2 fully saturated rings. The van der Waals surface area contributed by atoms with Crippen LogP contribution in [0.25, 0.3) is 11.1 Å². The first kappa shape index (κ1) is 25.6. The molecule has 2 aromatic carbocycles. The van der Waals surface area contributed by atoms with Crippen LogP contribution in [0.1, 0.15) is 25.3 Å². The number of halogens is 4. The van der Waals surface area contributed by atoms with Gasteiger partial charge in [-0.1, -0.05) is 18.2 Å². The molecule has 0 bridgehead atoms. The fourth-order valence-corrected chi connectivity index (χ4v) is 5.52. The normalized spacial score (nSPS) is 24.8. The molecule has 0 aromatic heterocycles. The van der Waals surface area contributed by atoms with Crippen LogP contribution in [0.5, 0.6) is 0 Å². The zero-order valence-electron chi connectivity index (χ0n) is 19.0. The SMILES string of the molecule is CCS(=O)(=O)N[C@H]1[C@@H](F)CN(C(=O)[C@H]2CCCO2)[C@H]1Cc1cccc(-c2cc(F)ccc2F)c1F. The number of benzene rings is 2. The third kappa shape index (κ3) is 5.36.